The summed E-state index contributed by atoms with van der Waals surface area (Å²) in [7, 11) is 3.08. The van der Waals surface area contributed by atoms with Crippen molar-refractivity contribution in [1.82, 2.24) is 0 Å². The van der Waals surface area contributed by atoms with Crippen LogP contribution in [-0.4, -0.2) is 37.0 Å². The van der Waals surface area contributed by atoms with Crippen LogP contribution >= 0.6 is 0 Å². The van der Waals surface area contributed by atoms with Crippen LogP contribution in [-0.2, 0) is 6.42 Å². The second kappa shape index (κ2) is 19.3. The van der Waals surface area contributed by atoms with Crippen LogP contribution in [0.15, 0.2) is 104 Å². The molecule has 0 spiro atoms. The Bertz CT molecular complexity index is 1340. The fraction of sp³-hybridized carbons (Fsp3) is 0.200. The third-order valence-electron chi connectivity index (χ3n) is 5.70. The standard InChI is InChI=1S/C10H12O2.C10H14.C8H8O2.C7H6O2/c1-3-4-8-5-6-9(11)10(7-8)12-2;1-8(2)10-6-4-9(3)5-7-10;1-10-8-5-3-2-4-7(8)6-9;8-5-6-3-1-2-4-7(6)9/h3,5-7,11H,1,4H2,2H3;4-8H,1-3H3;2-6H,1H3;1-5,9H. The number of rotatable bonds is 7. The van der Waals surface area contributed by atoms with Gasteiger partial charge in [-0.15, -0.1) is 6.58 Å². The van der Waals surface area contributed by atoms with Crippen molar-refractivity contribution < 1.29 is 29.3 Å². The van der Waals surface area contributed by atoms with Gasteiger partial charge in [-0.2, -0.15) is 0 Å². The van der Waals surface area contributed by atoms with Crippen LogP contribution in [0.5, 0.6) is 23.0 Å². The van der Waals surface area contributed by atoms with Gasteiger partial charge < -0.3 is 19.7 Å². The molecule has 0 aliphatic carbocycles. The number of carbonyl (C=O) groups excluding carboxylic acids is 2. The summed E-state index contributed by atoms with van der Waals surface area (Å²) in [5.74, 6) is 1.99. The van der Waals surface area contributed by atoms with Crippen molar-refractivity contribution in [2.75, 3.05) is 14.2 Å². The minimum atomic E-state index is 0.0347. The number of hydrogen-bond donors (Lipinski definition) is 2. The lowest BCUT2D eigenvalue weighted by Gasteiger charge is -2.04. The lowest BCUT2D eigenvalue weighted by Crippen LogP contribution is -1.88. The van der Waals surface area contributed by atoms with E-state index in [0.29, 0.717) is 34.8 Å². The van der Waals surface area contributed by atoms with E-state index < -0.39 is 0 Å². The van der Waals surface area contributed by atoms with Crippen LogP contribution in [0.4, 0.5) is 0 Å². The monoisotopic (exact) mass is 556 g/mol. The molecule has 4 aromatic carbocycles. The normalized spacial score (nSPS) is 9.41. The number of ether oxygens (including phenoxy) is 2. The average Bonchev–Trinajstić information content (AvgIpc) is 2.99. The number of aldehydes is 2. The molecule has 2 N–H and O–H groups in total. The van der Waals surface area contributed by atoms with Crippen LogP contribution in [0.3, 0.4) is 0 Å². The van der Waals surface area contributed by atoms with Crippen LogP contribution in [0.2, 0.25) is 0 Å². The Hall–Kier alpha value is -4.84. The molecule has 0 aliphatic heterocycles. The average molecular weight is 557 g/mol. The molecule has 0 amide bonds. The predicted octanol–water partition coefficient (Wildman–Crippen LogP) is 7.96. The molecule has 4 rings (SSSR count). The molecule has 216 valence electrons. The summed E-state index contributed by atoms with van der Waals surface area (Å²) in [4.78, 5) is 20.4. The lowest BCUT2D eigenvalue weighted by atomic mass is 10.0. The lowest BCUT2D eigenvalue weighted by molar-refractivity contribution is 0.111. The Morgan fingerprint density at radius 3 is 1.76 bits per heavy atom. The highest BCUT2D eigenvalue weighted by atomic mass is 16.5. The van der Waals surface area contributed by atoms with Crippen molar-refractivity contribution in [3.63, 3.8) is 0 Å². The second-order valence-corrected chi connectivity index (χ2v) is 9.10. The fourth-order valence-electron chi connectivity index (χ4n) is 3.32. The summed E-state index contributed by atoms with van der Waals surface area (Å²) in [6.07, 6.45) is 4.00. The van der Waals surface area contributed by atoms with Gasteiger partial charge in [-0.1, -0.05) is 80.1 Å². The Morgan fingerprint density at radius 2 is 1.29 bits per heavy atom. The summed E-state index contributed by atoms with van der Waals surface area (Å²) in [6.45, 7) is 10.2. The molecule has 0 saturated heterocycles. The van der Waals surface area contributed by atoms with E-state index in [4.69, 9.17) is 14.6 Å². The maximum atomic E-state index is 10.3. The smallest absolute Gasteiger partial charge is 0.160 e. The Morgan fingerprint density at radius 1 is 0.732 bits per heavy atom. The molecule has 41 heavy (non-hydrogen) atoms. The van der Waals surface area contributed by atoms with E-state index in [1.807, 2.05) is 18.2 Å². The zero-order chi connectivity index (χ0) is 30.6. The predicted molar refractivity (Wildman–Crippen MR) is 166 cm³/mol. The molecule has 0 atom stereocenters. The molecule has 0 aliphatic rings. The zero-order valence-electron chi connectivity index (χ0n) is 24.4. The topological polar surface area (TPSA) is 93.1 Å². The first-order valence-electron chi connectivity index (χ1n) is 13.0. The first-order chi connectivity index (χ1) is 19.7. The highest BCUT2D eigenvalue weighted by Gasteiger charge is 2.00. The van der Waals surface area contributed by atoms with E-state index in [0.717, 1.165) is 18.3 Å². The minimum Gasteiger partial charge on any atom is -0.507 e. The number of hydrogen-bond acceptors (Lipinski definition) is 6. The van der Waals surface area contributed by atoms with Gasteiger partial charge in [0.05, 0.1) is 25.3 Å². The van der Waals surface area contributed by atoms with Gasteiger partial charge in [-0.25, -0.2) is 0 Å². The van der Waals surface area contributed by atoms with Crippen molar-refractivity contribution in [3.05, 3.63) is 131 Å². The molecule has 0 bridgehead atoms. The van der Waals surface area contributed by atoms with E-state index in [1.165, 1.54) is 24.3 Å². The zero-order valence-corrected chi connectivity index (χ0v) is 24.4. The van der Waals surface area contributed by atoms with Gasteiger partial charge in [0.25, 0.3) is 0 Å². The minimum absolute atomic E-state index is 0.0347. The second-order valence-electron chi connectivity index (χ2n) is 9.10. The first kappa shape index (κ1) is 34.2. The van der Waals surface area contributed by atoms with Crippen molar-refractivity contribution in [3.8, 4) is 23.0 Å². The molecule has 0 saturated carbocycles. The third kappa shape index (κ3) is 12.7. The van der Waals surface area contributed by atoms with Crippen molar-refractivity contribution in [2.24, 2.45) is 0 Å². The van der Waals surface area contributed by atoms with Gasteiger partial charge in [0.15, 0.2) is 24.1 Å². The molecule has 0 fully saturated rings. The van der Waals surface area contributed by atoms with Gasteiger partial charge in [0.1, 0.15) is 11.5 Å². The summed E-state index contributed by atoms with van der Waals surface area (Å²) in [6, 6.07) is 27.5. The van der Waals surface area contributed by atoms with Gasteiger partial charge in [-0.3, -0.25) is 9.59 Å². The largest absolute Gasteiger partial charge is 0.507 e. The molecule has 6 heteroatoms. The van der Waals surface area contributed by atoms with Crippen molar-refractivity contribution in [2.45, 2.75) is 33.1 Å². The molecular formula is C35H40O6. The maximum absolute atomic E-state index is 10.3. The third-order valence-corrected chi connectivity index (χ3v) is 5.70. The highest BCUT2D eigenvalue weighted by Crippen LogP contribution is 2.26. The summed E-state index contributed by atoms with van der Waals surface area (Å²) < 4.78 is 9.85. The maximum Gasteiger partial charge on any atom is 0.160 e. The number of benzene rings is 4. The van der Waals surface area contributed by atoms with Crippen molar-refractivity contribution in [1.29, 1.82) is 0 Å². The summed E-state index contributed by atoms with van der Waals surface area (Å²) >= 11 is 0. The molecular weight excluding hydrogens is 516 g/mol. The highest BCUT2D eigenvalue weighted by molar-refractivity contribution is 5.79. The number of aryl methyl sites for hydroxylation is 1. The first-order valence-corrected chi connectivity index (χ1v) is 13.0. The van der Waals surface area contributed by atoms with Gasteiger partial charge >= 0.3 is 0 Å². The van der Waals surface area contributed by atoms with Crippen molar-refractivity contribution >= 4 is 12.6 Å². The molecule has 0 radical (unpaired) electrons. The number of aromatic hydroxyl groups is 2. The van der Waals surface area contributed by atoms with Crippen LogP contribution in [0, 0.1) is 6.92 Å². The molecule has 0 unspecified atom stereocenters. The Labute approximate surface area is 243 Å². The number of para-hydroxylation sites is 2. The summed E-state index contributed by atoms with van der Waals surface area (Å²) in [5, 5.41) is 18.1. The number of carbonyl (C=O) groups is 2. The van der Waals surface area contributed by atoms with E-state index in [2.05, 4.69) is 51.6 Å². The van der Waals surface area contributed by atoms with E-state index in [1.54, 1.807) is 55.6 Å². The van der Waals surface area contributed by atoms with Crippen LogP contribution in [0.1, 0.15) is 57.2 Å². The Kier molecular flexibility index (Phi) is 16.1. The van der Waals surface area contributed by atoms with Crippen LogP contribution in [0.25, 0.3) is 0 Å². The fourth-order valence-corrected chi connectivity index (χ4v) is 3.32. The van der Waals surface area contributed by atoms with Gasteiger partial charge in [-0.05, 0) is 66.8 Å². The van der Waals surface area contributed by atoms with Crippen LogP contribution < -0.4 is 9.47 Å². The quantitative estimate of drug-likeness (QED) is 0.177. The summed E-state index contributed by atoms with van der Waals surface area (Å²) in [5.41, 5.74) is 4.76. The SMILES string of the molecule is C=CCc1ccc(O)c(OC)c1.COc1ccccc1C=O.Cc1ccc(C(C)C)cc1.O=Cc1ccccc1O. The number of phenols is 2. The van der Waals surface area contributed by atoms with Gasteiger partial charge in [0.2, 0.25) is 0 Å². The molecule has 4 aromatic rings. The van der Waals surface area contributed by atoms with E-state index >= 15 is 0 Å². The van der Waals surface area contributed by atoms with E-state index in [-0.39, 0.29) is 11.5 Å². The molecule has 6 nitrogen and oxygen atoms in total. The number of phenolic OH excluding ortho intramolecular Hbond substituents is 2. The molecule has 0 heterocycles. The number of methoxy groups -OCH3 is 2. The van der Waals surface area contributed by atoms with E-state index in [9.17, 15) is 14.7 Å². The van der Waals surface area contributed by atoms with Gasteiger partial charge in [0, 0.05) is 0 Å². The Balaban J connectivity index is 0.000000275. The molecule has 0 aromatic heterocycles. The number of allylic oxidation sites excluding steroid dienone is 1.